The molecular formula is C18H19NO7S. The van der Waals surface area contributed by atoms with Crippen LogP contribution in [-0.4, -0.2) is 26.4 Å². The van der Waals surface area contributed by atoms with Crippen LogP contribution in [0.25, 0.3) is 0 Å². The highest BCUT2D eigenvalue weighted by Crippen LogP contribution is 2.30. The summed E-state index contributed by atoms with van der Waals surface area (Å²) >= 11 is 0. The van der Waals surface area contributed by atoms with E-state index in [0.29, 0.717) is 0 Å². The highest BCUT2D eigenvalue weighted by atomic mass is 32.2. The topological polar surface area (TPSA) is 113 Å². The zero-order valence-electron chi connectivity index (χ0n) is 15.3. The quantitative estimate of drug-likeness (QED) is 0.331. The molecule has 0 saturated carbocycles. The molecule has 0 spiro atoms. The number of carbonyl (C=O) groups is 1. The average molecular weight is 393 g/mol. The zero-order valence-corrected chi connectivity index (χ0v) is 16.1. The van der Waals surface area contributed by atoms with Crippen molar-refractivity contribution in [2.24, 2.45) is 0 Å². The average Bonchev–Trinajstić information content (AvgIpc) is 2.59. The van der Waals surface area contributed by atoms with Crippen LogP contribution in [0.2, 0.25) is 0 Å². The molecule has 27 heavy (non-hydrogen) atoms. The van der Waals surface area contributed by atoms with Gasteiger partial charge in [-0.1, -0.05) is 32.9 Å². The van der Waals surface area contributed by atoms with Crippen molar-refractivity contribution in [3.63, 3.8) is 0 Å². The summed E-state index contributed by atoms with van der Waals surface area (Å²) in [5, 5.41) is 11.3. The second kappa shape index (κ2) is 7.36. The van der Waals surface area contributed by atoms with Crippen LogP contribution in [0.15, 0.2) is 47.4 Å². The van der Waals surface area contributed by atoms with Gasteiger partial charge in [0.25, 0.3) is 5.69 Å². The van der Waals surface area contributed by atoms with Crippen LogP contribution in [0, 0.1) is 10.1 Å². The Balaban J connectivity index is 2.48. The molecule has 0 aliphatic heterocycles. The fraction of sp³-hybridized carbons (Fsp3) is 0.278. The largest absolute Gasteiger partial charge is 0.465 e. The Morgan fingerprint density at radius 3 is 2.33 bits per heavy atom. The Morgan fingerprint density at radius 2 is 1.78 bits per heavy atom. The SMILES string of the molecule is COC(=O)c1ccc(S(=O)(=O)Oc2cccc(C(C)(C)C)c2)c([N+](=O)[O-])c1. The van der Waals surface area contributed by atoms with E-state index in [1.807, 2.05) is 26.8 Å². The van der Waals surface area contributed by atoms with E-state index in [2.05, 4.69) is 4.74 Å². The zero-order chi connectivity index (χ0) is 20.4. The molecule has 0 N–H and O–H groups in total. The summed E-state index contributed by atoms with van der Waals surface area (Å²) in [5.74, 6) is -0.783. The number of rotatable bonds is 5. The lowest BCUT2D eigenvalue weighted by Crippen LogP contribution is -2.15. The maximum atomic E-state index is 12.6. The van der Waals surface area contributed by atoms with E-state index in [-0.39, 0.29) is 16.7 Å². The van der Waals surface area contributed by atoms with Crippen LogP contribution in [0.5, 0.6) is 5.75 Å². The van der Waals surface area contributed by atoms with Gasteiger partial charge in [-0.25, -0.2) is 4.79 Å². The van der Waals surface area contributed by atoms with E-state index in [1.165, 1.54) is 6.07 Å². The Morgan fingerprint density at radius 1 is 1.11 bits per heavy atom. The predicted molar refractivity (Wildman–Crippen MR) is 97.4 cm³/mol. The van der Waals surface area contributed by atoms with Crippen molar-refractivity contribution in [1.29, 1.82) is 0 Å². The molecule has 0 unspecified atom stereocenters. The normalized spacial score (nSPS) is 11.7. The molecule has 8 nitrogen and oxygen atoms in total. The number of nitrogens with zero attached hydrogens (tertiary/aromatic N) is 1. The second-order valence-electron chi connectivity index (χ2n) is 6.75. The Labute approximate surface area is 157 Å². The summed E-state index contributed by atoms with van der Waals surface area (Å²) in [6.07, 6.45) is 0. The molecule has 0 atom stereocenters. The highest BCUT2D eigenvalue weighted by molar-refractivity contribution is 7.87. The maximum absolute atomic E-state index is 12.6. The van der Waals surface area contributed by atoms with Crippen molar-refractivity contribution in [2.75, 3.05) is 7.11 Å². The minimum Gasteiger partial charge on any atom is -0.465 e. The molecule has 9 heteroatoms. The third kappa shape index (κ3) is 4.62. The summed E-state index contributed by atoms with van der Waals surface area (Å²) in [5.41, 5.74) is -0.314. The minimum atomic E-state index is -4.49. The monoisotopic (exact) mass is 393 g/mol. The lowest BCUT2D eigenvalue weighted by molar-refractivity contribution is -0.387. The summed E-state index contributed by atoms with van der Waals surface area (Å²) in [4.78, 5) is 21.3. The van der Waals surface area contributed by atoms with E-state index < -0.39 is 31.6 Å². The van der Waals surface area contributed by atoms with Gasteiger partial charge in [0.15, 0.2) is 4.90 Å². The molecule has 0 heterocycles. The Bertz CT molecular complexity index is 991. The molecule has 0 aliphatic rings. The van der Waals surface area contributed by atoms with Crippen molar-refractivity contribution in [3.05, 3.63) is 63.7 Å². The number of esters is 1. The molecule has 0 aromatic heterocycles. The van der Waals surface area contributed by atoms with E-state index in [1.54, 1.807) is 12.1 Å². The van der Waals surface area contributed by atoms with Crippen LogP contribution >= 0.6 is 0 Å². The number of carbonyl (C=O) groups excluding carboxylic acids is 1. The minimum absolute atomic E-state index is 0.0359. The van der Waals surface area contributed by atoms with Gasteiger partial charge in [-0.05, 0) is 35.2 Å². The number of hydrogen-bond acceptors (Lipinski definition) is 7. The van der Waals surface area contributed by atoms with Gasteiger partial charge in [-0.3, -0.25) is 10.1 Å². The molecule has 2 aromatic rings. The van der Waals surface area contributed by atoms with Crippen molar-refractivity contribution in [1.82, 2.24) is 0 Å². The highest BCUT2D eigenvalue weighted by Gasteiger charge is 2.29. The molecule has 0 aliphatic carbocycles. The summed E-state index contributed by atoms with van der Waals surface area (Å²) in [6.45, 7) is 5.87. The smallest absolute Gasteiger partial charge is 0.346 e. The van der Waals surface area contributed by atoms with Crippen molar-refractivity contribution < 1.29 is 27.1 Å². The first-order chi connectivity index (χ1) is 12.5. The molecule has 2 aromatic carbocycles. The Kier molecular flexibility index (Phi) is 5.55. The molecule has 0 bridgehead atoms. The van der Waals surface area contributed by atoms with Gasteiger partial charge in [0, 0.05) is 6.07 Å². The van der Waals surface area contributed by atoms with Crippen molar-refractivity contribution in [3.8, 4) is 5.75 Å². The first-order valence-electron chi connectivity index (χ1n) is 7.87. The molecular weight excluding hydrogens is 374 g/mol. The summed E-state index contributed by atoms with van der Waals surface area (Å²) < 4.78 is 34.8. The molecule has 0 saturated heterocycles. The first-order valence-corrected chi connectivity index (χ1v) is 9.28. The fourth-order valence-electron chi connectivity index (χ4n) is 2.30. The third-order valence-corrected chi connectivity index (χ3v) is 5.05. The van der Waals surface area contributed by atoms with Crippen LogP contribution in [0.1, 0.15) is 36.7 Å². The molecule has 144 valence electrons. The van der Waals surface area contributed by atoms with E-state index in [9.17, 15) is 23.3 Å². The van der Waals surface area contributed by atoms with Gasteiger partial charge < -0.3 is 8.92 Å². The summed E-state index contributed by atoms with van der Waals surface area (Å²) in [6, 6.07) is 9.39. The lowest BCUT2D eigenvalue weighted by atomic mass is 9.87. The third-order valence-electron chi connectivity index (χ3n) is 3.75. The number of ether oxygens (including phenoxy) is 1. The molecule has 0 radical (unpaired) electrons. The van der Waals surface area contributed by atoms with Crippen LogP contribution in [-0.2, 0) is 20.3 Å². The van der Waals surface area contributed by atoms with Gasteiger partial charge in [-0.2, -0.15) is 8.42 Å². The van der Waals surface area contributed by atoms with Gasteiger partial charge in [0.2, 0.25) is 0 Å². The summed E-state index contributed by atoms with van der Waals surface area (Å²) in [7, 11) is -3.38. The van der Waals surface area contributed by atoms with Crippen LogP contribution < -0.4 is 4.18 Å². The predicted octanol–water partition coefficient (Wildman–Crippen LogP) is 3.45. The molecule has 0 fully saturated rings. The molecule has 0 amide bonds. The lowest BCUT2D eigenvalue weighted by Gasteiger charge is -2.19. The number of methoxy groups -OCH3 is 1. The van der Waals surface area contributed by atoms with Crippen molar-refractivity contribution >= 4 is 21.8 Å². The van der Waals surface area contributed by atoms with E-state index in [4.69, 9.17) is 4.18 Å². The second-order valence-corrected chi connectivity index (χ2v) is 8.26. The van der Waals surface area contributed by atoms with E-state index >= 15 is 0 Å². The molecule has 2 rings (SSSR count). The number of nitro benzene ring substituents is 1. The van der Waals surface area contributed by atoms with Gasteiger partial charge in [-0.15, -0.1) is 0 Å². The Hall–Kier alpha value is -2.94. The first kappa shape index (κ1) is 20.4. The van der Waals surface area contributed by atoms with Crippen LogP contribution in [0.3, 0.4) is 0 Å². The number of benzene rings is 2. The van der Waals surface area contributed by atoms with E-state index in [0.717, 1.165) is 30.9 Å². The van der Waals surface area contributed by atoms with Crippen molar-refractivity contribution in [2.45, 2.75) is 31.1 Å². The van der Waals surface area contributed by atoms with Gasteiger partial charge in [0.05, 0.1) is 17.6 Å². The number of hydrogen-bond donors (Lipinski definition) is 0. The maximum Gasteiger partial charge on any atom is 0.346 e. The van der Waals surface area contributed by atoms with Crippen LogP contribution in [0.4, 0.5) is 5.69 Å². The van der Waals surface area contributed by atoms with Gasteiger partial charge >= 0.3 is 16.1 Å². The number of nitro groups is 1. The van der Waals surface area contributed by atoms with Gasteiger partial charge in [0.1, 0.15) is 5.75 Å². The standard InChI is InChI=1S/C18H19NO7S/c1-18(2,3)13-6-5-7-14(11-13)26-27(23,24)16-9-8-12(17(20)25-4)10-15(16)19(21)22/h5-11H,1-4H3. The fourth-order valence-corrected chi connectivity index (χ4v) is 3.37.